The molecule has 3 rings (SSSR count). The van der Waals surface area contributed by atoms with Crippen molar-refractivity contribution in [1.29, 1.82) is 0 Å². The molecule has 2 N–H and O–H groups in total. The van der Waals surface area contributed by atoms with E-state index in [4.69, 9.17) is 29.6 Å². The van der Waals surface area contributed by atoms with Crippen molar-refractivity contribution < 1.29 is 0 Å². The highest BCUT2D eigenvalue weighted by Gasteiger charge is 2.22. The number of halogens is 1. The molecule has 4 nitrogen and oxygen atoms in total. The van der Waals surface area contributed by atoms with E-state index in [0.717, 1.165) is 42.6 Å². The third-order valence-electron chi connectivity index (χ3n) is 3.55. The quantitative estimate of drug-likeness (QED) is 0.872. The summed E-state index contributed by atoms with van der Waals surface area (Å²) in [5.74, 6) is 0. The van der Waals surface area contributed by atoms with E-state index in [1.807, 2.05) is 29.8 Å². The van der Waals surface area contributed by atoms with Gasteiger partial charge in [0.1, 0.15) is 4.99 Å². The molecule has 1 saturated heterocycles. The van der Waals surface area contributed by atoms with Gasteiger partial charge in [-0.2, -0.15) is 0 Å². The van der Waals surface area contributed by atoms with Gasteiger partial charge in [0.25, 0.3) is 0 Å². The van der Waals surface area contributed by atoms with E-state index in [1.54, 1.807) is 11.3 Å². The maximum atomic E-state index is 6.24. The van der Waals surface area contributed by atoms with Crippen LogP contribution in [0.25, 0.3) is 0 Å². The summed E-state index contributed by atoms with van der Waals surface area (Å²) in [7, 11) is 0. The van der Waals surface area contributed by atoms with Crippen LogP contribution in [0.4, 0.5) is 10.8 Å². The number of rotatable bonds is 3. The molecule has 1 aliphatic heterocycles. The first-order valence-corrected chi connectivity index (χ1v) is 8.31. The van der Waals surface area contributed by atoms with Crippen LogP contribution in [0.1, 0.15) is 5.56 Å². The van der Waals surface area contributed by atoms with Gasteiger partial charge in [-0.25, -0.2) is 4.98 Å². The van der Waals surface area contributed by atoms with Gasteiger partial charge in [0, 0.05) is 43.4 Å². The lowest BCUT2D eigenvalue weighted by Gasteiger charge is -2.36. The van der Waals surface area contributed by atoms with Crippen LogP contribution in [0.15, 0.2) is 29.8 Å². The average Bonchev–Trinajstić information content (AvgIpc) is 3.01. The molecular formula is C14H15ClN4S2. The predicted molar refractivity (Wildman–Crippen MR) is 93.9 cm³/mol. The molecule has 0 bridgehead atoms. The van der Waals surface area contributed by atoms with Gasteiger partial charge >= 0.3 is 0 Å². The van der Waals surface area contributed by atoms with E-state index in [1.165, 1.54) is 0 Å². The molecule has 0 aliphatic carbocycles. The van der Waals surface area contributed by atoms with Gasteiger partial charge in [-0.3, -0.25) is 0 Å². The van der Waals surface area contributed by atoms with Crippen molar-refractivity contribution in [3.05, 3.63) is 40.4 Å². The average molecular weight is 339 g/mol. The molecule has 1 aromatic carbocycles. The number of benzene rings is 1. The molecule has 110 valence electrons. The molecule has 0 saturated carbocycles. The predicted octanol–water partition coefficient (Wildman–Crippen LogP) is 2.76. The molecule has 2 heterocycles. The number of aromatic nitrogens is 1. The minimum Gasteiger partial charge on any atom is -0.389 e. The second-order valence-electron chi connectivity index (χ2n) is 4.79. The second kappa shape index (κ2) is 6.17. The van der Waals surface area contributed by atoms with Crippen LogP contribution >= 0.6 is 35.2 Å². The Kier molecular flexibility index (Phi) is 4.28. The molecule has 0 unspecified atom stereocenters. The van der Waals surface area contributed by atoms with Crippen LogP contribution in [0.2, 0.25) is 5.02 Å². The molecule has 1 aromatic heterocycles. The Morgan fingerprint density at radius 1 is 1.24 bits per heavy atom. The van der Waals surface area contributed by atoms with Crippen LogP contribution < -0.4 is 15.5 Å². The first-order valence-electron chi connectivity index (χ1n) is 6.64. The number of anilines is 2. The number of nitrogens with two attached hydrogens (primary N) is 1. The third-order valence-corrected chi connectivity index (χ3v) is 4.90. The van der Waals surface area contributed by atoms with Crippen LogP contribution in [0.5, 0.6) is 0 Å². The van der Waals surface area contributed by atoms with Crippen LogP contribution in [-0.2, 0) is 0 Å². The fourth-order valence-electron chi connectivity index (χ4n) is 2.53. The van der Waals surface area contributed by atoms with Gasteiger partial charge in [0.05, 0.1) is 10.6 Å². The second-order valence-corrected chi connectivity index (χ2v) is 6.51. The summed E-state index contributed by atoms with van der Waals surface area (Å²) in [5, 5.41) is 3.70. The zero-order valence-electron chi connectivity index (χ0n) is 11.3. The summed E-state index contributed by atoms with van der Waals surface area (Å²) in [4.78, 5) is 9.29. The molecule has 0 spiro atoms. The van der Waals surface area contributed by atoms with Crippen molar-refractivity contribution in [2.45, 2.75) is 0 Å². The fraction of sp³-hybridized carbons (Fsp3) is 0.286. The smallest absolute Gasteiger partial charge is 0.185 e. The molecule has 0 amide bonds. The maximum absolute atomic E-state index is 6.24. The van der Waals surface area contributed by atoms with Crippen molar-refractivity contribution in [1.82, 2.24) is 4.98 Å². The Bertz CT molecular complexity index is 636. The Labute approximate surface area is 138 Å². The minimum absolute atomic E-state index is 0.345. The lowest BCUT2D eigenvalue weighted by molar-refractivity contribution is 0.652. The summed E-state index contributed by atoms with van der Waals surface area (Å²) < 4.78 is 0. The van der Waals surface area contributed by atoms with Gasteiger partial charge in [-0.15, -0.1) is 11.3 Å². The highest BCUT2D eigenvalue weighted by Crippen LogP contribution is 2.29. The lowest BCUT2D eigenvalue weighted by Crippen LogP contribution is -2.47. The topological polar surface area (TPSA) is 45.4 Å². The summed E-state index contributed by atoms with van der Waals surface area (Å²) in [6, 6.07) is 5.79. The largest absolute Gasteiger partial charge is 0.389 e. The minimum atomic E-state index is 0.345. The first-order chi connectivity index (χ1) is 10.2. The highest BCUT2D eigenvalue weighted by molar-refractivity contribution is 7.80. The molecule has 7 heteroatoms. The number of piperazine rings is 1. The Morgan fingerprint density at radius 2 is 1.95 bits per heavy atom. The van der Waals surface area contributed by atoms with E-state index >= 15 is 0 Å². The third kappa shape index (κ3) is 2.97. The number of thiazole rings is 1. The summed E-state index contributed by atoms with van der Waals surface area (Å²) in [6.07, 6.45) is 1.84. The highest BCUT2D eigenvalue weighted by atomic mass is 35.5. The first kappa shape index (κ1) is 14.6. The summed E-state index contributed by atoms with van der Waals surface area (Å²) in [6.45, 7) is 3.65. The Hall–Kier alpha value is -1.37. The molecule has 0 atom stereocenters. The summed E-state index contributed by atoms with van der Waals surface area (Å²) >= 11 is 13.1. The number of thiocarbonyl (C=S) groups is 1. The normalized spacial score (nSPS) is 15.3. The number of nitrogens with zero attached hydrogens (tertiary/aromatic N) is 3. The van der Waals surface area contributed by atoms with E-state index in [-0.39, 0.29) is 0 Å². The molecule has 21 heavy (non-hydrogen) atoms. The standard InChI is InChI=1S/C14H15ClN4S2/c15-10-2-1-3-11(12(10)13(16)20)18-5-7-19(8-6-18)14-17-4-9-21-14/h1-4,9H,5-8H2,(H2,16,20). The Morgan fingerprint density at radius 3 is 2.57 bits per heavy atom. The van der Waals surface area contributed by atoms with Gasteiger partial charge in [-0.1, -0.05) is 29.9 Å². The monoisotopic (exact) mass is 338 g/mol. The number of hydrogen-bond acceptors (Lipinski definition) is 5. The van der Waals surface area contributed by atoms with Crippen LogP contribution in [-0.4, -0.2) is 36.2 Å². The Balaban J connectivity index is 1.78. The van der Waals surface area contributed by atoms with E-state index in [0.29, 0.717) is 10.0 Å². The van der Waals surface area contributed by atoms with Gasteiger partial charge < -0.3 is 15.5 Å². The zero-order valence-corrected chi connectivity index (χ0v) is 13.7. The van der Waals surface area contributed by atoms with Crippen molar-refractivity contribution in [3.63, 3.8) is 0 Å². The van der Waals surface area contributed by atoms with Gasteiger partial charge in [0.15, 0.2) is 5.13 Å². The van der Waals surface area contributed by atoms with Gasteiger partial charge in [-0.05, 0) is 12.1 Å². The SMILES string of the molecule is NC(=S)c1c(Cl)cccc1N1CCN(c2nccs2)CC1. The van der Waals surface area contributed by atoms with E-state index in [2.05, 4.69) is 14.8 Å². The number of hydrogen-bond donors (Lipinski definition) is 1. The maximum Gasteiger partial charge on any atom is 0.185 e. The van der Waals surface area contributed by atoms with E-state index in [9.17, 15) is 0 Å². The lowest BCUT2D eigenvalue weighted by atomic mass is 10.1. The molecule has 0 radical (unpaired) electrons. The van der Waals surface area contributed by atoms with Gasteiger partial charge in [0.2, 0.25) is 0 Å². The van der Waals surface area contributed by atoms with Crippen LogP contribution in [0.3, 0.4) is 0 Å². The molecule has 1 fully saturated rings. The zero-order chi connectivity index (χ0) is 14.8. The molecule has 2 aromatic rings. The molecular weight excluding hydrogens is 324 g/mol. The van der Waals surface area contributed by atoms with Crippen molar-refractivity contribution in [3.8, 4) is 0 Å². The summed E-state index contributed by atoms with van der Waals surface area (Å²) in [5.41, 5.74) is 7.63. The molecule has 1 aliphatic rings. The van der Waals surface area contributed by atoms with Crippen molar-refractivity contribution >= 4 is 51.0 Å². The van der Waals surface area contributed by atoms with Crippen molar-refractivity contribution in [2.24, 2.45) is 5.73 Å². The fourth-order valence-corrected chi connectivity index (χ4v) is 3.77. The van der Waals surface area contributed by atoms with Crippen LogP contribution in [0, 0.1) is 0 Å². The van der Waals surface area contributed by atoms with E-state index < -0.39 is 0 Å². The van der Waals surface area contributed by atoms with Crippen molar-refractivity contribution in [2.75, 3.05) is 36.0 Å².